The van der Waals surface area contributed by atoms with Gasteiger partial charge in [-0.3, -0.25) is 4.79 Å². The highest BCUT2D eigenvalue weighted by molar-refractivity contribution is 5.79. The van der Waals surface area contributed by atoms with E-state index in [1.54, 1.807) is 24.1 Å². The number of hydrogen-bond acceptors (Lipinski definition) is 5. The zero-order valence-corrected chi connectivity index (χ0v) is 15.7. The SMILES string of the molecule is COc1cccc(OCC(=O)N2CCC(Oc3ccc4ccccc4n3)C2)c1. The summed E-state index contributed by atoms with van der Waals surface area (Å²) < 4.78 is 16.8. The van der Waals surface area contributed by atoms with Crippen LogP contribution in [0, 0.1) is 0 Å². The van der Waals surface area contributed by atoms with Crippen LogP contribution in [0.2, 0.25) is 0 Å². The van der Waals surface area contributed by atoms with Crippen molar-refractivity contribution in [3.05, 3.63) is 60.7 Å². The number of benzene rings is 2. The molecule has 1 unspecified atom stereocenters. The average Bonchev–Trinajstić information content (AvgIpc) is 3.20. The molecule has 3 aromatic rings. The predicted octanol–water partition coefficient (Wildman–Crippen LogP) is 3.30. The molecular formula is C22H22N2O4. The third-order valence-corrected chi connectivity index (χ3v) is 4.76. The van der Waals surface area contributed by atoms with Crippen LogP contribution >= 0.6 is 0 Å². The van der Waals surface area contributed by atoms with Crippen LogP contribution in [-0.4, -0.2) is 48.7 Å². The number of hydrogen-bond donors (Lipinski definition) is 0. The predicted molar refractivity (Wildman–Crippen MR) is 106 cm³/mol. The number of para-hydroxylation sites is 1. The maximum absolute atomic E-state index is 12.4. The molecule has 0 bridgehead atoms. The van der Waals surface area contributed by atoms with Gasteiger partial charge in [0.1, 0.15) is 17.6 Å². The van der Waals surface area contributed by atoms with Gasteiger partial charge in [-0.15, -0.1) is 0 Å². The largest absolute Gasteiger partial charge is 0.497 e. The number of amides is 1. The van der Waals surface area contributed by atoms with Crippen molar-refractivity contribution in [2.24, 2.45) is 0 Å². The van der Waals surface area contributed by atoms with E-state index in [0.717, 1.165) is 17.3 Å². The monoisotopic (exact) mass is 378 g/mol. The van der Waals surface area contributed by atoms with E-state index in [1.165, 1.54) is 0 Å². The van der Waals surface area contributed by atoms with Gasteiger partial charge in [-0.05, 0) is 24.3 Å². The summed E-state index contributed by atoms with van der Waals surface area (Å²) in [6.45, 7) is 1.18. The van der Waals surface area contributed by atoms with Crippen molar-refractivity contribution in [2.75, 3.05) is 26.8 Å². The summed E-state index contributed by atoms with van der Waals surface area (Å²) in [7, 11) is 1.60. The number of rotatable bonds is 6. The Kier molecular flexibility index (Phi) is 5.28. The summed E-state index contributed by atoms with van der Waals surface area (Å²) in [6, 6.07) is 19.0. The van der Waals surface area contributed by atoms with E-state index in [4.69, 9.17) is 14.2 Å². The number of carbonyl (C=O) groups is 1. The lowest BCUT2D eigenvalue weighted by Crippen LogP contribution is -2.34. The molecule has 1 atom stereocenters. The minimum Gasteiger partial charge on any atom is -0.497 e. The molecule has 1 aliphatic heterocycles. The van der Waals surface area contributed by atoms with Crippen LogP contribution in [0.1, 0.15) is 6.42 Å². The molecule has 28 heavy (non-hydrogen) atoms. The third kappa shape index (κ3) is 4.17. The number of likely N-dealkylation sites (tertiary alicyclic amines) is 1. The van der Waals surface area contributed by atoms with Crippen molar-refractivity contribution in [3.63, 3.8) is 0 Å². The topological polar surface area (TPSA) is 60.9 Å². The van der Waals surface area contributed by atoms with Gasteiger partial charge in [-0.1, -0.05) is 24.3 Å². The Morgan fingerprint density at radius 2 is 1.96 bits per heavy atom. The lowest BCUT2D eigenvalue weighted by Gasteiger charge is -2.17. The van der Waals surface area contributed by atoms with Crippen LogP contribution in [0.15, 0.2) is 60.7 Å². The van der Waals surface area contributed by atoms with Crippen LogP contribution < -0.4 is 14.2 Å². The quantitative estimate of drug-likeness (QED) is 0.659. The summed E-state index contributed by atoms with van der Waals surface area (Å²) >= 11 is 0. The molecule has 2 heterocycles. The van der Waals surface area contributed by atoms with Gasteiger partial charge in [0.2, 0.25) is 5.88 Å². The summed E-state index contributed by atoms with van der Waals surface area (Å²) in [5, 5.41) is 1.08. The maximum atomic E-state index is 12.4. The fourth-order valence-electron chi connectivity index (χ4n) is 3.26. The van der Waals surface area contributed by atoms with Gasteiger partial charge in [0.15, 0.2) is 6.61 Å². The first-order chi connectivity index (χ1) is 13.7. The van der Waals surface area contributed by atoms with E-state index in [0.29, 0.717) is 30.5 Å². The first kappa shape index (κ1) is 18.1. The molecule has 0 saturated carbocycles. The highest BCUT2D eigenvalue weighted by atomic mass is 16.5. The number of aromatic nitrogens is 1. The highest BCUT2D eigenvalue weighted by Crippen LogP contribution is 2.21. The van der Waals surface area contributed by atoms with E-state index < -0.39 is 0 Å². The van der Waals surface area contributed by atoms with Gasteiger partial charge < -0.3 is 19.1 Å². The molecule has 1 aliphatic rings. The first-order valence-corrected chi connectivity index (χ1v) is 9.28. The number of pyridine rings is 1. The van der Waals surface area contributed by atoms with Gasteiger partial charge in [-0.2, -0.15) is 0 Å². The third-order valence-electron chi connectivity index (χ3n) is 4.76. The first-order valence-electron chi connectivity index (χ1n) is 9.28. The van der Waals surface area contributed by atoms with E-state index in [1.807, 2.05) is 48.5 Å². The van der Waals surface area contributed by atoms with Gasteiger partial charge in [0.25, 0.3) is 5.91 Å². The second-order valence-electron chi connectivity index (χ2n) is 6.68. The zero-order chi connectivity index (χ0) is 19.3. The molecule has 6 heteroatoms. The molecule has 0 N–H and O–H groups in total. The van der Waals surface area contributed by atoms with Crippen molar-refractivity contribution in [1.82, 2.24) is 9.88 Å². The molecule has 1 amide bonds. The molecule has 0 radical (unpaired) electrons. The molecule has 4 rings (SSSR count). The van der Waals surface area contributed by atoms with E-state index in [9.17, 15) is 4.79 Å². The zero-order valence-electron chi connectivity index (χ0n) is 15.7. The van der Waals surface area contributed by atoms with Crippen molar-refractivity contribution in [3.8, 4) is 17.4 Å². The van der Waals surface area contributed by atoms with Gasteiger partial charge in [-0.25, -0.2) is 4.98 Å². The molecule has 0 aliphatic carbocycles. The van der Waals surface area contributed by atoms with Crippen molar-refractivity contribution in [1.29, 1.82) is 0 Å². The second-order valence-corrected chi connectivity index (χ2v) is 6.68. The highest BCUT2D eigenvalue weighted by Gasteiger charge is 2.28. The summed E-state index contributed by atoms with van der Waals surface area (Å²) in [5.74, 6) is 1.84. The minimum absolute atomic E-state index is 0.00584. The second kappa shape index (κ2) is 8.17. The lowest BCUT2D eigenvalue weighted by atomic mass is 10.2. The molecule has 1 saturated heterocycles. The molecule has 144 valence electrons. The Morgan fingerprint density at radius 3 is 2.86 bits per heavy atom. The summed E-state index contributed by atoms with van der Waals surface area (Å²) in [4.78, 5) is 18.8. The van der Waals surface area contributed by atoms with Gasteiger partial charge >= 0.3 is 0 Å². The molecule has 2 aromatic carbocycles. The van der Waals surface area contributed by atoms with Crippen LogP contribution in [0.4, 0.5) is 0 Å². The molecular weight excluding hydrogens is 356 g/mol. The normalized spacial score (nSPS) is 16.2. The molecule has 6 nitrogen and oxygen atoms in total. The standard InChI is InChI=1S/C22H22N2O4/c1-26-17-6-4-7-18(13-17)27-15-22(25)24-12-11-19(14-24)28-21-10-9-16-5-2-3-8-20(16)23-21/h2-10,13,19H,11-12,14-15H2,1H3. The van der Waals surface area contributed by atoms with Crippen LogP contribution in [0.3, 0.4) is 0 Å². The van der Waals surface area contributed by atoms with E-state index in [2.05, 4.69) is 4.98 Å². The maximum Gasteiger partial charge on any atom is 0.260 e. The number of nitrogens with zero attached hydrogens (tertiary/aromatic N) is 2. The molecule has 0 spiro atoms. The smallest absolute Gasteiger partial charge is 0.260 e. The lowest BCUT2D eigenvalue weighted by molar-refractivity contribution is -0.132. The average molecular weight is 378 g/mol. The van der Waals surface area contributed by atoms with Crippen LogP contribution in [-0.2, 0) is 4.79 Å². The van der Waals surface area contributed by atoms with E-state index >= 15 is 0 Å². The van der Waals surface area contributed by atoms with E-state index in [-0.39, 0.29) is 18.6 Å². The number of ether oxygens (including phenoxy) is 3. The molecule has 1 fully saturated rings. The number of fused-ring (bicyclic) bond motifs is 1. The number of carbonyl (C=O) groups excluding carboxylic acids is 1. The summed E-state index contributed by atoms with van der Waals surface area (Å²) in [6.07, 6.45) is 0.716. The fraction of sp³-hybridized carbons (Fsp3) is 0.273. The molecule has 1 aromatic heterocycles. The Bertz CT molecular complexity index is 975. The van der Waals surface area contributed by atoms with Gasteiger partial charge in [0.05, 0.1) is 19.2 Å². The van der Waals surface area contributed by atoms with Gasteiger partial charge in [0, 0.05) is 30.5 Å². The van der Waals surface area contributed by atoms with Crippen molar-refractivity contribution in [2.45, 2.75) is 12.5 Å². The van der Waals surface area contributed by atoms with Crippen molar-refractivity contribution < 1.29 is 19.0 Å². The van der Waals surface area contributed by atoms with Crippen LogP contribution in [0.25, 0.3) is 10.9 Å². The minimum atomic E-state index is -0.0607. The Hall–Kier alpha value is -3.28. The Balaban J connectivity index is 1.30. The number of methoxy groups -OCH3 is 1. The van der Waals surface area contributed by atoms with Crippen molar-refractivity contribution >= 4 is 16.8 Å². The summed E-state index contributed by atoms with van der Waals surface area (Å²) in [5.41, 5.74) is 0.901. The Morgan fingerprint density at radius 1 is 1.11 bits per heavy atom. The Labute approximate surface area is 163 Å². The fourth-order valence-corrected chi connectivity index (χ4v) is 3.26. The van der Waals surface area contributed by atoms with Crippen LogP contribution in [0.5, 0.6) is 17.4 Å².